The second kappa shape index (κ2) is 10.3. The van der Waals surface area contributed by atoms with E-state index in [1.807, 2.05) is 41.9 Å². The third-order valence-electron chi connectivity index (χ3n) is 7.89. The maximum atomic E-state index is 13.6. The highest BCUT2D eigenvalue weighted by Gasteiger charge is 2.45. The van der Waals surface area contributed by atoms with Crippen LogP contribution in [0.25, 0.3) is 16.7 Å². The molecule has 0 spiro atoms. The van der Waals surface area contributed by atoms with Gasteiger partial charge in [-0.2, -0.15) is 5.10 Å². The van der Waals surface area contributed by atoms with Crippen molar-refractivity contribution in [2.24, 2.45) is 13.0 Å². The summed E-state index contributed by atoms with van der Waals surface area (Å²) in [6.07, 6.45) is 8.99. The molecule has 0 radical (unpaired) electrons. The monoisotopic (exact) mass is 554 g/mol. The van der Waals surface area contributed by atoms with E-state index in [0.717, 1.165) is 5.56 Å². The van der Waals surface area contributed by atoms with Gasteiger partial charge in [-0.25, -0.2) is 19.6 Å². The molecule has 1 amide bonds. The van der Waals surface area contributed by atoms with Crippen molar-refractivity contribution in [2.75, 3.05) is 20.2 Å². The Bertz CT molecular complexity index is 1730. The van der Waals surface area contributed by atoms with E-state index in [-0.39, 0.29) is 11.5 Å². The minimum atomic E-state index is -1.34. The summed E-state index contributed by atoms with van der Waals surface area (Å²) >= 11 is 0. The number of ketones is 1. The molecule has 6 rings (SSSR count). The summed E-state index contributed by atoms with van der Waals surface area (Å²) in [5, 5.41) is 16.9. The van der Waals surface area contributed by atoms with Crippen molar-refractivity contribution in [3.8, 4) is 11.6 Å². The smallest absolute Gasteiger partial charge is 0.295 e. The largest absolute Gasteiger partial charge is 0.494 e. The first kappa shape index (κ1) is 26.4. The number of likely N-dealkylation sites (tertiary alicyclic amines) is 1. The molecule has 1 unspecified atom stereocenters. The maximum Gasteiger partial charge on any atom is 0.295 e. The topological polar surface area (TPSA) is 144 Å². The molecular weight excluding hydrogens is 524 g/mol. The molecular formula is C29H30N8O4. The fourth-order valence-electron chi connectivity index (χ4n) is 5.79. The third-order valence-corrected chi connectivity index (χ3v) is 7.89. The summed E-state index contributed by atoms with van der Waals surface area (Å²) in [6.45, 7) is 2.40. The van der Waals surface area contributed by atoms with E-state index >= 15 is 0 Å². The number of amides is 1. The zero-order chi connectivity index (χ0) is 28.7. The van der Waals surface area contributed by atoms with Gasteiger partial charge >= 0.3 is 0 Å². The third kappa shape index (κ3) is 4.36. The van der Waals surface area contributed by atoms with Gasteiger partial charge in [-0.05, 0) is 25.3 Å². The molecule has 12 nitrogen and oxygen atoms in total. The Labute approximate surface area is 235 Å². The van der Waals surface area contributed by atoms with Crippen molar-refractivity contribution in [1.82, 2.24) is 39.2 Å². The van der Waals surface area contributed by atoms with Gasteiger partial charge in [-0.1, -0.05) is 30.3 Å². The number of ether oxygens (including phenoxy) is 1. The van der Waals surface area contributed by atoms with E-state index < -0.39 is 17.3 Å². The molecule has 12 heteroatoms. The number of hydrogen-bond donors (Lipinski definition) is 2. The lowest BCUT2D eigenvalue weighted by Gasteiger charge is -2.41. The number of nitrogens with one attached hydrogen (secondary N) is 1. The van der Waals surface area contributed by atoms with Gasteiger partial charge in [0, 0.05) is 44.6 Å². The van der Waals surface area contributed by atoms with Crippen LogP contribution in [0.15, 0.2) is 61.4 Å². The van der Waals surface area contributed by atoms with Crippen LogP contribution in [0.1, 0.15) is 40.4 Å². The molecule has 0 aliphatic carbocycles. The first-order chi connectivity index (χ1) is 19.8. The molecule has 0 saturated carbocycles. The Morgan fingerprint density at radius 2 is 1.88 bits per heavy atom. The molecule has 1 aliphatic rings. The Kier molecular flexibility index (Phi) is 6.62. The maximum absolute atomic E-state index is 13.6. The van der Waals surface area contributed by atoms with Gasteiger partial charge < -0.3 is 24.3 Å². The van der Waals surface area contributed by atoms with Crippen LogP contribution in [0, 0.1) is 12.8 Å². The Hall–Kier alpha value is -4.84. The second-order valence-electron chi connectivity index (χ2n) is 10.2. The van der Waals surface area contributed by atoms with E-state index in [4.69, 9.17) is 4.74 Å². The van der Waals surface area contributed by atoms with Crippen LogP contribution in [-0.4, -0.2) is 76.2 Å². The average molecular weight is 555 g/mol. The van der Waals surface area contributed by atoms with Gasteiger partial charge in [0.25, 0.3) is 11.7 Å². The van der Waals surface area contributed by atoms with Crippen LogP contribution in [0.4, 0.5) is 0 Å². The standard InChI is InChI=1S/C29H30N8O4/c1-18-33-17-37(34-18)26-24-23(22(41-3)16-32-26)21(15-31-24)25(38)27(39)36-12-9-20(10-13-36)29(40,19-7-5-4-6-8-19)28-30-11-14-35(28)2/h4-8,11,14-17,20,31,40H,9-10,12-13H2,1-3H3. The van der Waals surface area contributed by atoms with Crippen LogP contribution in [0.5, 0.6) is 5.75 Å². The van der Waals surface area contributed by atoms with E-state index in [9.17, 15) is 14.7 Å². The summed E-state index contributed by atoms with van der Waals surface area (Å²) in [5.41, 5.74) is 0.102. The Morgan fingerprint density at radius 3 is 2.51 bits per heavy atom. The summed E-state index contributed by atoms with van der Waals surface area (Å²) in [6, 6.07) is 9.47. The lowest BCUT2D eigenvalue weighted by molar-refractivity contribution is -0.129. The first-order valence-electron chi connectivity index (χ1n) is 13.3. The predicted molar refractivity (Wildman–Crippen MR) is 149 cm³/mol. The van der Waals surface area contributed by atoms with Gasteiger partial charge in [0.1, 0.15) is 23.7 Å². The van der Waals surface area contributed by atoms with Crippen molar-refractivity contribution in [3.05, 3.63) is 84.2 Å². The highest BCUT2D eigenvalue weighted by molar-refractivity contribution is 6.45. The number of imidazole rings is 1. The summed E-state index contributed by atoms with van der Waals surface area (Å²) in [5.74, 6) is 0.437. The highest BCUT2D eigenvalue weighted by atomic mass is 16.5. The number of rotatable bonds is 7. The fourth-order valence-corrected chi connectivity index (χ4v) is 5.79. The number of piperidine rings is 1. The molecule has 4 aromatic heterocycles. The Balaban J connectivity index is 1.26. The molecule has 0 bridgehead atoms. The average Bonchev–Trinajstić information content (AvgIpc) is 3.76. The second-order valence-corrected chi connectivity index (χ2v) is 10.2. The lowest BCUT2D eigenvalue weighted by atomic mass is 9.75. The van der Waals surface area contributed by atoms with Crippen LogP contribution in [0.3, 0.4) is 0 Å². The number of Topliss-reactive ketones (excluding diaryl/α,β-unsaturated/α-hetero) is 1. The number of benzene rings is 1. The number of carbonyl (C=O) groups excluding carboxylic acids is 2. The minimum absolute atomic E-state index is 0.193. The molecule has 210 valence electrons. The number of aliphatic hydroxyl groups is 1. The molecule has 5 aromatic rings. The summed E-state index contributed by atoms with van der Waals surface area (Å²) < 4.78 is 8.82. The van der Waals surface area contributed by atoms with Gasteiger partial charge in [0.05, 0.1) is 29.8 Å². The number of hydrogen-bond acceptors (Lipinski definition) is 8. The van der Waals surface area contributed by atoms with E-state index in [1.54, 1.807) is 24.2 Å². The molecule has 2 N–H and O–H groups in total. The summed E-state index contributed by atoms with van der Waals surface area (Å²) in [4.78, 5) is 44.8. The predicted octanol–water partition coefficient (Wildman–Crippen LogP) is 2.55. The van der Waals surface area contributed by atoms with Crippen LogP contribution < -0.4 is 4.74 Å². The molecule has 5 heterocycles. The molecule has 1 atom stereocenters. The van der Waals surface area contributed by atoms with Crippen LogP contribution in [-0.2, 0) is 17.4 Å². The molecule has 1 fully saturated rings. The van der Waals surface area contributed by atoms with Crippen molar-refractivity contribution < 1.29 is 19.4 Å². The zero-order valence-electron chi connectivity index (χ0n) is 23.0. The zero-order valence-corrected chi connectivity index (χ0v) is 23.0. The highest BCUT2D eigenvalue weighted by Crippen LogP contribution is 2.41. The van der Waals surface area contributed by atoms with Crippen molar-refractivity contribution in [3.63, 3.8) is 0 Å². The number of pyridine rings is 1. The Morgan fingerprint density at radius 1 is 1.12 bits per heavy atom. The fraction of sp³-hybridized carbons (Fsp3) is 0.310. The van der Waals surface area contributed by atoms with Crippen molar-refractivity contribution >= 4 is 22.6 Å². The number of carbonyl (C=O) groups is 2. The van der Waals surface area contributed by atoms with Crippen molar-refractivity contribution in [2.45, 2.75) is 25.4 Å². The number of aryl methyl sites for hydroxylation is 2. The lowest BCUT2D eigenvalue weighted by Crippen LogP contribution is -2.48. The normalized spacial score (nSPS) is 15.7. The molecule has 1 saturated heterocycles. The summed E-state index contributed by atoms with van der Waals surface area (Å²) in [7, 11) is 3.34. The first-order valence-corrected chi connectivity index (χ1v) is 13.3. The molecule has 41 heavy (non-hydrogen) atoms. The van der Waals surface area contributed by atoms with Gasteiger partial charge in [0.2, 0.25) is 0 Å². The van der Waals surface area contributed by atoms with Gasteiger partial charge in [-0.3, -0.25) is 9.59 Å². The molecule has 1 aromatic carbocycles. The molecule has 1 aliphatic heterocycles. The number of H-pyrrole nitrogens is 1. The number of aromatic nitrogens is 7. The minimum Gasteiger partial charge on any atom is -0.494 e. The van der Waals surface area contributed by atoms with Crippen LogP contribution >= 0.6 is 0 Å². The number of fused-ring (bicyclic) bond motifs is 1. The number of aromatic amines is 1. The number of nitrogens with zero attached hydrogens (tertiary/aromatic N) is 7. The number of methoxy groups -OCH3 is 1. The van der Waals surface area contributed by atoms with E-state index in [1.165, 1.54) is 30.5 Å². The van der Waals surface area contributed by atoms with Crippen molar-refractivity contribution in [1.29, 1.82) is 0 Å². The SMILES string of the molecule is COc1cnc(-n2cnc(C)n2)c2[nH]cc(C(=O)C(=O)N3CCC(C(O)(c4ccccc4)c4nccn4C)CC3)c12. The van der Waals surface area contributed by atoms with E-state index in [2.05, 4.69) is 25.0 Å². The quantitative estimate of drug-likeness (QED) is 0.231. The van der Waals surface area contributed by atoms with E-state index in [0.29, 0.717) is 60.1 Å². The van der Waals surface area contributed by atoms with Gasteiger partial charge in [-0.15, -0.1) is 0 Å². The van der Waals surface area contributed by atoms with Crippen LogP contribution in [0.2, 0.25) is 0 Å². The van der Waals surface area contributed by atoms with Gasteiger partial charge in [0.15, 0.2) is 11.4 Å².